The molecule has 0 saturated heterocycles. The molecule has 0 heterocycles. The lowest BCUT2D eigenvalue weighted by Gasteiger charge is -2.28. The van der Waals surface area contributed by atoms with E-state index in [1.807, 2.05) is 18.2 Å². The topological polar surface area (TPSA) is 72.5 Å². The fourth-order valence-corrected chi connectivity index (χ4v) is 5.17. The molecule has 2 aliphatic carbocycles. The van der Waals surface area contributed by atoms with Crippen LogP contribution in [0.2, 0.25) is 10.0 Å². The van der Waals surface area contributed by atoms with E-state index in [0.717, 1.165) is 19.3 Å². The number of hydrogen-bond donors (Lipinski definition) is 1. The van der Waals surface area contributed by atoms with Gasteiger partial charge in [-0.05, 0) is 43.2 Å². The summed E-state index contributed by atoms with van der Waals surface area (Å²) in [4.78, 5) is 38.2. The number of hydrogen-bond acceptors (Lipinski definition) is 4. The number of amides is 1. The number of esters is 1. The minimum Gasteiger partial charge on any atom is -0.455 e. The highest BCUT2D eigenvalue weighted by atomic mass is 35.5. The summed E-state index contributed by atoms with van der Waals surface area (Å²) in [5.74, 6) is -1.57. The fraction of sp³-hybridized carbons (Fsp3) is 0.348. The first kappa shape index (κ1) is 20.9. The molecule has 2 bridgehead atoms. The van der Waals surface area contributed by atoms with E-state index < -0.39 is 24.4 Å². The van der Waals surface area contributed by atoms with Gasteiger partial charge in [0.05, 0.1) is 21.7 Å². The largest absolute Gasteiger partial charge is 0.455 e. The first-order valence-corrected chi connectivity index (χ1v) is 10.7. The molecule has 0 spiro atoms. The third-order valence-corrected chi connectivity index (χ3v) is 6.94. The monoisotopic (exact) mass is 445 g/mol. The van der Waals surface area contributed by atoms with Gasteiger partial charge in [0, 0.05) is 11.5 Å². The lowest BCUT2D eigenvalue weighted by Crippen LogP contribution is -2.37. The van der Waals surface area contributed by atoms with Crippen LogP contribution >= 0.6 is 23.2 Å². The Hall–Kier alpha value is -2.37. The van der Waals surface area contributed by atoms with Gasteiger partial charge in [-0.3, -0.25) is 14.4 Å². The number of ketones is 1. The number of carbonyl (C=O) groups is 3. The molecule has 2 saturated carbocycles. The number of nitrogens with one attached hydrogen (secondary N) is 1. The second-order valence-corrected chi connectivity index (χ2v) is 8.66. The quantitative estimate of drug-likeness (QED) is 0.500. The van der Waals surface area contributed by atoms with E-state index in [1.54, 1.807) is 30.3 Å². The summed E-state index contributed by atoms with van der Waals surface area (Å²) >= 11 is 12.0. The molecule has 4 rings (SSSR count). The van der Waals surface area contributed by atoms with Crippen molar-refractivity contribution >= 4 is 46.5 Å². The Bertz CT molecular complexity index is 978. The van der Waals surface area contributed by atoms with Gasteiger partial charge in [-0.1, -0.05) is 59.6 Å². The Morgan fingerprint density at radius 2 is 1.63 bits per heavy atom. The fourth-order valence-electron chi connectivity index (χ4n) is 4.82. The molecule has 5 nitrogen and oxygen atoms in total. The van der Waals surface area contributed by atoms with Gasteiger partial charge in [0.2, 0.25) is 0 Å². The predicted octanol–water partition coefficient (Wildman–Crippen LogP) is 5.02. The summed E-state index contributed by atoms with van der Waals surface area (Å²) in [6, 6.07) is 13.9. The van der Waals surface area contributed by atoms with Crippen molar-refractivity contribution in [2.75, 3.05) is 11.9 Å². The Labute approximate surface area is 184 Å². The molecule has 156 valence electrons. The maximum atomic E-state index is 13.1. The molecule has 0 aromatic heterocycles. The maximum absolute atomic E-state index is 13.1. The Morgan fingerprint density at radius 1 is 0.933 bits per heavy atom. The Balaban J connectivity index is 1.41. The summed E-state index contributed by atoms with van der Waals surface area (Å²) in [6.45, 7) is -0.443. The lowest BCUT2D eigenvalue weighted by molar-refractivity contribution is -0.154. The van der Waals surface area contributed by atoms with Crippen molar-refractivity contribution in [2.45, 2.75) is 19.3 Å². The molecule has 30 heavy (non-hydrogen) atoms. The number of rotatable bonds is 6. The number of halogens is 2. The summed E-state index contributed by atoms with van der Waals surface area (Å²) < 4.78 is 5.32. The first-order chi connectivity index (χ1) is 14.5. The smallest absolute Gasteiger partial charge is 0.310 e. The predicted molar refractivity (Wildman–Crippen MR) is 115 cm³/mol. The van der Waals surface area contributed by atoms with Crippen LogP contribution in [0.25, 0.3) is 0 Å². The van der Waals surface area contributed by atoms with Crippen LogP contribution in [0.3, 0.4) is 0 Å². The van der Waals surface area contributed by atoms with Crippen molar-refractivity contribution in [2.24, 2.45) is 23.7 Å². The van der Waals surface area contributed by atoms with Crippen molar-refractivity contribution < 1.29 is 19.1 Å². The molecular weight excluding hydrogens is 425 g/mol. The van der Waals surface area contributed by atoms with E-state index in [4.69, 9.17) is 27.9 Å². The van der Waals surface area contributed by atoms with Gasteiger partial charge in [0.25, 0.3) is 5.91 Å². The molecular formula is C23H21Cl2NO4. The van der Waals surface area contributed by atoms with Crippen LogP contribution in [0.1, 0.15) is 29.6 Å². The summed E-state index contributed by atoms with van der Waals surface area (Å²) in [6.07, 6.45) is 2.71. The average molecular weight is 446 g/mol. The third-order valence-electron chi connectivity index (χ3n) is 6.12. The standard InChI is InChI=1S/C23H21Cl2NO4/c24-16-7-4-8-17(21(16)25)26-18(27)12-30-23(29)20-15-10-9-14(11-15)19(20)22(28)13-5-2-1-3-6-13/h1-8,14-15,19-20H,9-12H2,(H,26,27)/t14-,15-,19+,20+/m0/s1. The van der Waals surface area contributed by atoms with E-state index in [1.165, 1.54) is 0 Å². The number of carbonyl (C=O) groups excluding carboxylic acids is 3. The second kappa shape index (κ2) is 8.78. The minimum absolute atomic E-state index is 0.0140. The van der Waals surface area contributed by atoms with E-state index in [2.05, 4.69) is 5.32 Å². The zero-order chi connectivity index (χ0) is 21.3. The number of Topliss-reactive ketones (excluding diaryl/α,β-unsaturated/α-hetero) is 1. The van der Waals surface area contributed by atoms with Crippen LogP contribution in [0.15, 0.2) is 48.5 Å². The summed E-state index contributed by atoms with van der Waals surface area (Å²) in [7, 11) is 0. The first-order valence-electron chi connectivity index (χ1n) is 9.95. The molecule has 2 aromatic rings. The van der Waals surface area contributed by atoms with Crippen molar-refractivity contribution in [3.63, 3.8) is 0 Å². The molecule has 0 unspecified atom stereocenters. The molecule has 2 aliphatic rings. The van der Waals surface area contributed by atoms with Crippen molar-refractivity contribution in [1.82, 2.24) is 0 Å². The third kappa shape index (κ3) is 4.09. The van der Waals surface area contributed by atoms with Gasteiger partial charge >= 0.3 is 5.97 Å². The van der Waals surface area contributed by atoms with E-state index in [-0.39, 0.29) is 28.6 Å². The van der Waals surface area contributed by atoms with E-state index in [9.17, 15) is 14.4 Å². The number of fused-ring (bicyclic) bond motifs is 2. The van der Waals surface area contributed by atoms with Gasteiger partial charge in [0.1, 0.15) is 0 Å². The molecule has 1 amide bonds. The number of benzene rings is 2. The van der Waals surface area contributed by atoms with Crippen LogP contribution in [0.4, 0.5) is 5.69 Å². The molecule has 2 aromatic carbocycles. The molecule has 7 heteroatoms. The van der Waals surface area contributed by atoms with Crippen molar-refractivity contribution in [3.8, 4) is 0 Å². The Kier molecular flexibility index (Phi) is 6.11. The highest BCUT2D eigenvalue weighted by molar-refractivity contribution is 6.44. The summed E-state index contributed by atoms with van der Waals surface area (Å²) in [5.41, 5.74) is 0.962. The summed E-state index contributed by atoms with van der Waals surface area (Å²) in [5, 5.41) is 3.13. The van der Waals surface area contributed by atoms with Crippen LogP contribution < -0.4 is 5.32 Å². The zero-order valence-electron chi connectivity index (χ0n) is 16.1. The van der Waals surface area contributed by atoms with Crippen molar-refractivity contribution in [1.29, 1.82) is 0 Å². The average Bonchev–Trinajstić information content (AvgIpc) is 3.37. The zero-order valence-corrected chi connectivity index (χ0v) is 17.7. The van der Waals surface area contributed by atoms with Gasteiger partial charge in [-0.25, -0.2) is 0 Å². The SMILES string of the molecule is O=C(COC(=O)[C@@H]1[C@H]2CC[C@@H](C2)[C@H]1C(=O)c1ccccc1)Nc1cccc(Cl)c1Cl. The van der Waals surface area contributed by atoms with Gasteiger partial charge in [-0.2, -0.15) is 0 Å². The van der Waals surface area contributed by atoms with Crippen LogP contribution in [0.5, 0.6) is 0 Å². The normalized spacial score (nSPS) is 24.5. The van der Waals surface area contributed by atoms with Gasteiger partial charge < -0.3 is 10.1 Å². The molecule has 4 atom stereocenters. The molecule has 1 N–H and O–H groups in total. The Morgan fingerprint density at radius 3 is 2.37 bits per heavy atom. The van der Waals surface area contributed by atoms with Gasteiger partial charge in [-0.15, -0.1) is 0 Å². The number of ether oxygens (including phenoxy) is 1. The lowest BCUT2D eigenvalue weighted by atomic mass is 9.75. The highest BCUT2D eigenvalue weighted by Crippen LogP contribution is 2.53. The molecule has 0 aliphatic heterocycles. The minimum atomic E-state index is -0.512. The number of anilines is 1. The van der Waals surface area contributed by atoms with Crippen LogP contribution in [0, 0.1) is 23.7 Å². The van der Waals surface area contributed by atoms with E-state index >= 15 is 0 Å². The highest BCUT2D eigenvalue weighted by Gasteiger charge is 2.54. The van der Waals surface area contributed by atoms with Crippen LogP contribution in [-0.4, -0.2) is 24.3 Å². The van der Waals surface area contributed by atoms with E-state index in [0.29, 0.717) is 16.3 Å². The maximum Gasteiger partial charge on any atom is 0.310 e. The molecule has 2 fully saturated rings. The van der Waals surface area contributed by atoms with Crippen molar-refractivity contribution in [3.05, 3.63) is 64.1 Å². The van der Waals surface area contributed by atoms with Gasteiger partial charge in [0.15, 0.2) is 12.4 Å². The molecule has 0 radical (unpaired) electrons. The second-order valence-electron chi connectivity index (χ2n) is 7.87. The van der Waals surface area contributed by atoms with Crippen LogP contribution in [-0.2, 0) is 14.3 Å².